The Kier molecular flexibility index (Phi) is 4.80. The molecule has 0 bridgehead atoms. The summed E-state index contributed by atoms with van der Waals surface area (Å²) in [7, 11) is 0. The standard InChI is InChI=1S/C16H17ClN6O2/c1-9(2)7-18-16(25)13-19-14-12(15(24)20-13)21-22-23(14)8-10-5-3-4-6-11(10)17/h3-6,9H,7-8H2,1-2H3,(H,18,25)(H,19,20,24). The SMILES string of the molecule is CC(C)CNC(=O)c1nc2c(nnn2Cc2ccccc2Cl)c(=O)[nH]1. The molecule has 0 radical (unpaired) electrons. The lowest BCUT2D eigenvalue weighted by atomic mass is 10.2. The summed E-state index contributed by atoms with van der Waals surface area (Å²) >= 11 is 6.16. The molecule has 3 aromatic rings. The first kappa shape index (κ1) is 17.1. The number of halogens is 1. The van der Waals surface area contributed by atoms with Crippen LogP contribution in [0.4, 0.5) is 0 Å². The highest BCUT2D eigenvalue weighted by Gasteiger charge is 2.16. The molecule has 2 N–H and O–H groups in total. The third-order valence-corrected chi connectivity index (χ3v) is 3.91. The van der Waals surface area contributed by atoms with Crippen LogP contribution in [0, 0.1) is 5.92 Å². The molecule has 8 nitrogen and oxygen atoms in total. The highest BCUT2D eigenvalue weighted by Crippen LogP contribution is 2.17. The molecule has 1 aromatic carbocycles. The Morgan fingerprint density at radius 3 is 2.84 bits per heavy atom. The number of carbonyl (C=O) groups excluding carboxylic acids is 1. The lowest BCUT2D eigenvalue weighted by Gasteiger charge is -2.07. The first-order valence-corrected chi connectivity index (χ1v) is 8.18. The van der Waals surface area contributed by atoms with Crippen LogP contribution in [0.25, 0.3) is 11.2 Å². The van der Waals surface area contributed by atoms with Gasteiger partial charge in [-0.05, 0) is 17.5 Å². The number of fused-ring (bicyclic) bond motifs is 1. The second-order valence-electron chi connectivity index (χ2n) is 6.03. The molecule has 130 valence electrons. The maximum Gasteiger partial charge on any atom is 0.287 e. The highest BCUT2D eigenvalue weighted by atomic mass is 35.5. The van der Waals surface area contributed by atoms with E-state index in [0.29, 0.717) is 18.1 Å². The number of nitrogens with one attached hydrogen (secondary N) is 2. The average molecular weight is 361 g/mol. The lowest BCUT2D eigenvalue weighted by Crippen LogP contribution is -2.30. The number of carbonyl (C=O) groups is 1. The van der Waals surface area contributed by atoms with Crippen molar-refractivity contribution in [3.05, 3.63) is 51.0 Å². The minimum Gasteiger partial charge on any atom is -0.349 e. The minimum absolute atomic E-state index is 0.0686. The van der Waals surface area contributed by atoms with Crippen LogP contribution in [0.1, 0.15) is 30.0 Å². The second kappa shape index (κ2) is 7.02. The van der Waals surface area contributed by atoms with E-state index >= 15 is 0 Å². The Morgan fingerprint density at radius 2 is 2.12 bits per heavy atom. The van der Waals surface area contributed by atoms with Gasteiger partial charge in [0.2, 0.25) is 5.82 Å². The summed E-state index contributed by atoms with van der Waals surface area (Å²) in [5, 5.41) is 11.1. The average Bonchev–Trinajstić information content (AvgIpc) is 2.98. The zero-order valence-corrected chi connectivity index (χ0v) is 14.5. The highest BCUT2D eigenvalue weighted by molar-refractivity contribution is 6.31. The van der Waals surface area contributed by atoms with Crippen molar-refractivity contribution >= 4 is 28.7 Å². The number of aromatic amines is 1. The van der Waals surface area contributed by atoms with E-state index in [2.05, 4.69) is 25.6 Å². The first-order valence-electron chi connectivity index (χ1n) is 7.81. The van der Waals surface area contributed by atoms with Crippen molar-refractivity contribution in [1.82, 2.24) is 30.3 Å². The molecule has 25 heavy (non-hydrogen) atoms. The maximum absolute atomic E-state index is 12.2. The second-order valence-corrected chi connectivity index (χ2v) is 6.44. The quantitative estimate of drug-likeness (QED) is 0.719. The molecule has 0 saturated carbocycles. The molecular weight excluding hydrogens is 344 g/mol. The van der Waals surface area contributed by atoms with Gasteiger partial charge in [-0.25, -0.2) is 9.67 Å². The van der Waals surface area contributed by atoms with E-state index < -0.39 is 11.5 Å². The normalized spacial score (nSPS) is 11.2. The number of benzene rings is 1. The van der Waals surface area contributed by atoms with Gasteiger partial charge in [0, 0.05) is 11.6 Å². The topological polar surface area (TPSA) is 106 Å². The van der Waals surface area contributed by atoms with Crippen LogP contribution in [0.2, 0.25) is 5.02 Å². The Balaban J connectivity index is 1.97. The predicted octanol–water partition coefficient (Wildman–Crippen LogP) is 1.60. The summed E-state index contributed by atoms with van der Waals surface area (Å²) < 4.78 is 1.45. The molecule has 0 spiro atoms. The molecule has 9 heteroatoms. The molecule has 0 atom stereocenters. The van der Waals surface area contributed by atoms with Crippen molar-refractivity contribution < 1.29 is 4.79 Å². The molecule has 3 rings (SSSR count). The third-order valence-electron chi connectivity index (χ3n) is 3.54. The number of amides is 1. The fraction of sp³-hybridized carbons (Fsp3) is 0.312. The minimum atomic E-state index is -0.509. The van der Waals surface area contributed by atoms with E-state index in [1.54, 1.807) is 6.07 Å². The molecule has 0 fully saturated rings. The summed E-state index contributed by atoms with van der Waals surface area (Å²) in [5.74, 6) is -0.231. The number of hydrogen-bond acceptors (Lipinski definition) is 5. The summed E-state index contributed by atoms with van der Waals surface area (Å²) in [6.45, 7) is 4.72. The van der Waals surface area contributed by atoms with E-state index in [1.807, 2.05) is 32.0 Å². The van der Waals surface area contributed by atoms with Gasteiger partial charge in [0.15, 0.2) is 11.2 Å². The zero-order chi connectivity index (χ0) is 18.0. The molecule has 1 amide bonds. The molecule has 0 aliphatic heterocycles. The lowest BCUT2D eigenvalue weighted by molar-refractivity contribution is 0.0938. The first-order chi connectivity index (χ1) is 12.0. The largest absolute Gasteiger partial charge is 0.349 e. The Labute approximate surface area is 148 Å². The van der Waals surface area contributed by atoms with Crippen LogP contribution < -0.4 is 10.9 Å². The number of rotatable bonds is 5. The molecule has 0 aliphatic rings. The fourth-order valence-electron chi connectivity index (χ4n) is 2.25. The Hall–Kier alpha value is -2.74. The van der Waals surface area contributed by atoms with Gasteiger partial charge in [0.05, 0.1) is 6.54 Å². The van der Waals surface area contributed by atoms with E-state index in [0.717, 1.165) is 5.56 Å². The molecule has 2 aromatic heterocycles. The van der Waals surface area contributed by atoms with Gasteiger partial charge in [-0.2, -0.15) is 0 Å². The molecule has 0 unspecified atom stereocenters. The maximum atomic E-state index is 12.2. The van der Waals surface area contributed by atoms with Crippen LogP contribution in [-0.4, -0.2) is 37.4 Å². The number of hydrogen-bond donors (Lipinski definition) is 2. The summed E-state index contributed by atoms with van der Waals surface area (Å²) in [6.07, 6.45) is 0. The van der Waals surface area contributed by atoms with Crippen molar-refractivity contribution in [2.45, 2.75) is 20.4 Å². The van der Waals surface area contributed by atoms with Crippen molar-refractivity contribution in [2.24, 2.45) is 5.92 Å². The van der Waals surface area contributed by atoms with Gasteiger partial charge in [0.25, 0.3) is 11.5 Å². The monoisotopic (exact) mass is 360 g/mol. The number of nitrogens with zero attached hydrogens (tertiary/aromatic N) is 4. The van der Waals surface area contributed by atoms with Crippen LogP contribution in [0.3, 0.4) is 0 Å². The predicted molar refractivity (Wildman–Crippen MR) is 93.7 cm³/mol. The molecular formula is C16H17ClN6O2. The molecule has 2 heterocycles. The molecule has 0 aliphatic carbocycles. The van der Waals surface area contributed by atoms with Gasteiger partial charge < -0.3 is 10.3 Å². The Bertz CT molecular complexity index is 978. The Morgan fingerprint density at radius 1 is 1.36 bits per heavy atom. The van der Waals surface area contributed by atoms with Crippen molar-refractivity contribution in [3.8, 4) is 0 Å². The summed E-state index contributed by atoms with van der Waals surface area (Å²) in [6, 6.07) is 7.29. The van der Waals surface area contributed by atoms with Crippen molar-refractivity contribution in [2.75, 3.05) is 6.54 Å². The summed E-state index contributed by atoms with van der Waals surface area (Å²) in [4.78, 5) is 31.0. The van der Waals surface area contributed by atoms with Gasteiger partial charge in [-0.1, -0.05) is 48.9 Å². The fourth-order valence-corrected chi connectivity index (χ4v) is 2.44. The summed E-state index contributed by atoms with van der Waals surface area (Å²) in [5.41, 5.74) is 0.611. The zero-order valence-electron chi connectivity index (χ0n) is 13.8. The number of aromatic nitrogens is 5. The third kappa shape index (κ3) is 3.69. The van der Waals surface area contributed by atoms with Crippen molar-refractivity contribution in [1.29, 1.82) is 0 Å². The van der Waals surface area contributed by atoms with Crippen LogP contribution >= 0.6 is 11.6 Å². The molecule has 0 saturated heterocycles. The van der Waals surface area contributed by atoms with E-state index in [-0.39, 0.29) is 22.9 Å². The van der Waals surface area contributed by atoms with E-state index in [1.165, 1.54) is 4.68 Å². The van der Waals surface area contributed by atoms with E-state index in [9.17, 15) is 9.59 Å². The van der Waals surface area contributed by atoms with Gasteiger partial charge in [-0.15, -0.1) is 5.10 Å². The van der Waals surface area contributed by atoms with Crippen LogP contribution in [0.5, 0.6) is 0 Å². The van der Waals surface area contributed by atoms with Gasteiger partial charge >= 0.3 is 0 Å². The van der Waals surface area contributed by atoms with Crippen LogP contribution in [-0.2, 0) is 6.54 Å². The van der Waals surface area contributed by atoms with Gasteiger partial charge in [-0.3, -0.25) is 9.59 Å². The van der Waals surface area contributed by atoms with Crippen LogP contribution in [0.15, 0.2) is 29.1 Å². The van der Waals surface area contributed by atoms with E-state index in [4.69, 9.17) is 11.6 Å². The van der Waals surface area contributed by atoms with Crippen molar-refractivity contribution in [3.63, 3.8) is 0 Å². The van der Waals surface area contributed by atoms with Gasteiger partial charge in [0.1, 0.15) is 0 Å². The number of H-pyrrole nitrogens is 1. The smallest absolute Gasteiger partial charge is 0.287 e.